The zero-order valence-electron chi connectivity index (χ0n) is 21.1. The van der Waals surface area contributed by atoms with Crippen molar-refractivity contribution >= 4 is 52.4 Å². The maximum absolute atomic E-state index is 13.8. The lowest BCUT2D eigenvalue weighted by Crippen LogP contribution is -2.29. The molecule has 0 spiro atoms. The van der Waals surface area contributed by atoms with Crippen LogP contribution in [-0.2, 0) is 19.0 Å². The highest BCUT2D eigenvalue weighted by molar-refractivity contribution is 6.35. The zero-order valence-corrected chi connectivity index (χ0v) is 22.6. The molecule has 0 aliphatic rings. The van der Waals surface area contributed by atoms with E-state index in [1.165, 1.54) is 42.3 Å². The van der Waals surface area contributed by atoms with Crippen LogP contribution in [0.1, 0.15) is 33.5 Å². The number of carbonyl (C=O) groups is 3. The Morgan fingerprint density at radius 3 is 2.21 bits per heavy atom. The summed E-state index contributed by atoms with van der Waals surface area (Å²) in [6.07, 6.45) is -0.735. The first kappa shape index (κ1) is 29.1. The molecule has 0 bridgehead atoms. The van der Waals surface area contributed by atoms with Gasteiger partial charge in [0.1, 0.15) is 19.0 Å². The van der Waals surface area contributed by atoms with E-state index in [0.717, 1.165) is 0 Å². The van der Waals surface area contributed by atoms with Crippen LogP contribution in [0, 0.1) is 19.7 Å². The first-order valence-corrected chi connectivity index (χ1v) is 12.4. The number of aryl methyl sites for hydroxylation is 2. The number of ether oxygens (including phenoxy) is 3. The van der Waals surface area contributed by atoms with Crippen LogP contribution >= 0.6 is 23.2 Å². The Morgan fingerprint density at radius 2 is 1.55 bits per heavy atom. The van der Waals surface area contributed by atoms with Gasteiger partial charge in [-0.25, -0.2) is 14.1 Å². The van der Waals surface area contributed by atoms with Crippen molar-refractivity contribution in [3.8, 4) is 0 Å². The molecule has 0 fully saturated rings. The lowest BCUT2D eigenvalue weighted by Gasteiger charge is -2.24. The maximum Gasteiger partial charge on any atom is 0.419 e. The lowest BCUT2D eigenvalue weighted by molar-refractivity contribution is -0.145. The Labute approximate surface area is 230 Å². The number of nitrogens with zero attached hydrogens (tertiary/aromatic N) is 1. The van der Waals surface area contributed by atoms with Crippen LogP contribution < -0.4 is 4.90 Å². The molecule has 0 atom stereocenters. The Morgan fingerprint density at radius 1 is 0.842 bits per heavy atom. The fourth-order valence-electron chi connectivity index (χ4n) is 3.67. The molecular weight excluding hydrogens is 536 g/mol. The van der Waals surface area contributed by atoms with Crippen LogP contribution in [0.3, 0.4) is 0 Å². The van der Waals surface area contributed by atoms with Crippen molar-refractivity contribution in [3.63, 3.8) is 0 Å². The van der Waals surface area contributed by atoms with Gasteiger partial charge in [-0.1, -0.05) is 23.2 Å². The fraction of sp³-hybridized carbons (Fsp3) is 0.250. The molecule has 0 N–H and O–H groups in total. The molecule has 0 aliphatic carbocycles. The smallest absolute Gasteiger partial charge is 0.419 e. The summed E-state index contributed by atoms with van der Waals surface area (Å²) in [6.45, 7) is 3.26. The molecule has 3 aromatic rings. The molecule has 0 unspecified atom stereocenters. The van der Waals surface area contributed by atoms with E-state index in [1.807, 2.05) is 0 Å². The molecule has 200 valence electrons. The van der Waals surface area contributed by atoms with Crippen LogP contribution in [0.15, 0.2) is 54.6 Å². The number of methoxy groups -OCH3 is 1. The predicted molar refractivity (Wildman–Crippen MR) is 143 cm³/mol. The van der Waals surface area contributed by atoms with E-state index in [-0.39, 0.29) is 48.3 Å². The maximum atomic E-state index is 13.8. The lowest BCUT2D eigenvalue weighted by atomic mass is 9.98. The number of hydrogen-bond donors (Lipinski definition) is 0. The molecule has 0 radical (unpaired) electrons. The molecule has 38 heavy (non-hydrogen) atoms. The summed E-state index contributed by atoms with van der Waals surface area (Å²) in [5, 5.41) is 0.612. The number of amides is 1. The summed E-state index contributed by atoms with van der Waals surface area (Å²) in [5.41, 5.74) is 2.45. The van der Waals surface area contributed by atoms with Crippen molar-refractivity contribution < 1.29 is 33.0 Å². The standard InChI is InChI=1S/C28H26Cl2FNO6/c1-17-14-19(29)4-7-22(17)27(34)23-8-6-21(16-24(23)30)32(25-9-5-20(31)15-18(25)2)28(35)38-13-12-37-26(33)10-11-36-3/h4-9,14-16H,10-13H2,1-3H3. The predicted octanol–water partition coefficient (Wildman–Crippen LogP) is 6.83. The van der Waals surface area contributed by atoms with E-state index in [9.17, 15) is 18.8 Å². The molecule has 0 heterocycles. The molecular formula is C28H26Cl2FNO6. The van der Waals surface area contributed by atoms with Crippen LogP contribution in [-0.4, -0.2) is 44.8 Å². The number of rotatable bonds is 10. The summed E-state index contributed by atoms with van der Waals surface area (Å²) in [6, 6.07) is 13.3. The van der Waals surface area contributed by atoms with Crippen molar-refractivity contribution in [1.29, 1.82) is 0 Å². The van der Waals surface area contributed by atoms with Crippen molar-refractivity contribution in [2.45, 2.75) is 20.3 Å². The quantitative estimate of drug-likeness (QED) is 0.153. The second-order valence-corrected chi connectivity index (χ2v) is 9.14. The van der Waals surface area contributed by atoms with Crippen molar-refractivity contribution in [3.05, 3.63) is 92.7 Å². The third-order valence-electron chi connectivity index (χ3n) is 5.55. The highest BCUT2D eigenvalue weighted by atomic mass is 35.5. The minimum absolute atomic E-state index is 0.0739. The van der Waals surface area contributed by atoms with Gasteiger partial charge in [0.05, 0.1) is 29.4 Å². The van der Waals surface area contributed by atoms with Crippen LogP contribution in [0.2, 0.25) is 10.0 Å². The van der Waals surface area contributed by atoms with Gasteiger partial charge >= 0.3 is 12.1 Å². The van der Waals surface area contributed by atoms with E-state index in [0.29, 0.717) is 27.4 Å². The van der Waals surface area contributed by atoms with Gasteiger partial charge in [-0.15, -0.1) is 0 Å². The van der Waals surface area contributed by atoms with E-state index in [2.05, 4.69) is 0 Å². The first-order valence-electron chi connectivity index (χ1n) is 11.6. The average Bonchev–Trinajstić information content (AvgIpc) is 2.86. The Bertz CT molecular complexity index is 1350. The van der Waals surface area contributed by atoms with Crippen LogP contribution in [0.25, 0.3) is 0 Å². The minimum Gasteiger partial charge on any atom is -0.462 e. The first-order chi connectivity index (χ1) is 18.1. The van der Waals surface area contributed by atoms with Gasteiger partial charge in [0.15, 0.2) is 5.78 Å². The number of halogens is 3. The van der Waals surface area contributed by atoms with Gasteiger partial charge in [0, 0.05) is 23.3 Å². The molecule has 0 saturated heterocycles. The van der Waals surface area contributed by atoms with Gasteiger partial charge in [-0.3, -0.25) is 9.59 Å². The second kappa shape index (κ2) is 13.4. The van der Waals surface area contributed by atoms with Crippen molar-refractivity contribution in [1.82, 2.24) is 0 Å². The Balaban J connectivity index is 1.87. The zero-order chi connectivity index (χ0) is 27.8. The summed E-state index contributed by atoms with van der Waals surface area (Å²) in [7, 11) is 1.47. The number of anilines is 2. The SMILES string of the molecule is COCCC(=O)OCCOC(=O)N(c1ccc(C(=O)c2ccc(Cl)cc2C)c(Cl)c1)c1ccc(F)cc1C. The van der Waals surface area contributed by atoms with E-state index >= 15 is 0 Å². The van der Waals surface area contributed by atoms with Gasteiger partial charge in [-0.05, 0) is 79.6 Å². The number of benzene rings is 3. The van der Waals surface area contributed by atoms with Gasteiger partial charge in [0.2, 0.25) is 0 Å². The second-order valence-electron chi connectivity index (χ2n) is 8.30. The molecule has 0 aliphatic heterocycles. The Kier molecular flexibility index (Phi) is 10.2. The number of ketones is 1. The topological polar surface area (TPSA) is 82.1 Å². The van der Waals surface area contributed by atoms with Crippen LogP contribution in [0.5, 0.6) is 0 Å². The summed E-state index contributed by atoms with van der Waals surface area (Å²) >= 11 is 12.5. The van der Waals surface area contributed by atoms with Crippen molar-refractivity contribution in [2.24, 2.45) is 0 Å². The van der Waals surface area contributed by atoms with E-state index < -0.39 is 17.9 Å². The van der Waals surface area contributed by atoms with Gasteiger partial charge in [0.25, 0.3) is 0 Å². The number of carbonyl (C=O) groups excluding carboxylic acids is 3. The molecule has 0 aromatic heterocycles. The Hall–Kier alpha value is -3.46. The third-order valence-corrected chi connectivity index (χ3v) is 6.10. The highest BCUT2D eigenvalue weighted by Crippen LogP contribution is 2.33. The monoisotopic (exact) mass is 561 g/mol. The van der Waals surface area contributed by atoms with E-state index in [1.54, 1.807) is 38.1 Å². The molecule has 10 heteroatoms. The molecule has 3 rings (SSSR count). The number of hydrogen-bond acceptors (Lipinski definition) is 6. The summed E-state index contributed by atoms with van der Waals surface area (Å²) in [4.78, 5) is 39.1. The fourth-order valence-corrected chi connectivity index (χ4v) is 4.16. The molecule has 7 nitrogen and oxygen atoms in total. The molecule has 0 saturated carbocycles. The highest BCUT2D eigenvalue weighted by Gasteiger charge is 2.24. The van der Waals surface area contributed by atoms with Gasteiger partial charge in [-0.2, -0.15) is 0 Å². The van der Waals surface area contributed by atoms with E-state index in [4.69, 9.17) is 37.4 Å². The van der Waals surface area contributed by atoms with Gasteiger partial charge < -0.3 is 14.2 Å². The largest absolute Gasteiger partial charge is 0.462 e. The summed E-state index contributed by atoms with van der Waals surface area (Å²) < 4.78 is 29.0. The molecule has 3 aromatic carbocycles. The molecule has 1 amide bonds. The van der Waals surface area contributed by atoms with Crippen LogP contribution in [0.4, 0.5) is 20.6 Å². The average molecular weight is 562 g/mol. The normalized spacial score (nSPS) is 10.7. The number of esters is 1. The third kappa shape index (κ3) is 7.31. The van der Waals surface area contributed by atoms with Crippen molar-refractivity contribution in [2.75, 3.05) is 31.8 Å². The minimum atomic E-state index is -0.809. The summed E-state index contributed by atoms with van der Waals surface area (Å²) in [5.74, 6) is -1.27.